The van der Waals surface area contributed by atoms with Crippen molar-refractivity contribution in [3.63, 3.8) is 0 Å². The van der Waals surface area contributed by atoms with Crippen LogP contribution in [0.5, 0.6) is 11.5 Å². The van der Waals surface area contributed by atoms with Gasteiger partial charge in [-0.25, -0.2) is 9.59 Å². The maximum Gasteiger partial charge on any atom is 0.337 e. The van der Waals surface area contributed by atoms with Crippen LogP contribution in [-0.4, -0.2) is 32.4 Å². The number of carbonyl (C=O) groups is 2. The third-order valence-corrected chi connectivity index (χ3v) is 6.21. The van der Waals surface area contributed by atoms with E-state index in [1.165, 1.54) is 12.1 Å². The lowest BCUT2D eigenvalue weighted by molar-refractivity contribution is 0.0652. The topological polar surface area (TPSA) is 115 Å². The third kappa shape index (κ3) is 8.73. The first kappa shape index (κ1) is 31.6. The van der Waals surface area contributed by atoms with Crippen molar-refractivity contribution in [1.82, 2.24) is 0 Å². The molecular weight excluding hydrogens is 504 g/mol. The first-order valence-electron chi connectivity index (χ1n) is 13.1. The molecule has 0 amide bonds. The summed E-state index contributed by atoms with van der Waals surface area (Å²) in [7, 11) is 0. The van der Waals surface area contributed by atoms with Gasteiger partial charge < -0.3 is 20.4 Å². The van der Waals surface area contributed by atoms with Crippen molar-refractivity contribution in [3.8, 4) is 22.6 Å². The number of carboxylic acid groups (broad SMARTS) is 2. The molecule has 0 bridgehead atoms. The average molecular weight is 543 g/mol. The molecule has 40 heavy (non-hydrogen) atoms. The smallest absolute Gasteiger partial charge is 0.337 e. The van der Waals surface area contributed by atoms with Gasteiger partial charge in [-0.1, -0.05) is 94.4 Å². The third-order valence-electron chi connectivity index (χ3n) is 6.21. The molecule has 0 aliphatic heterocycles. The van der Waals surface area contributed by atoms with Gasteiger partial charge >= 0.3 is 11.9 Å². The minimum Gasteiger partial charge on any atom is -0.508 e. The number of carboxylic acids is 2. The number of phenols is 2. The molecule has 4 rings (SSSR count). The van der Waals surface area contributed by atoms with Crippen molar-refractivity contribution < 1.29 is 30.0 Å². The van der Waals surface area contributed by atoms with Crippen LogP contribution < -0.4 is 0 Å². The van der Waals surface area contributed by atoms with Gasteiger partial charge in [0.25, 0.3) is 0 Å². The van der Waals surface area contributed by atoms with E-state index in [1.54, 1.807) is 42.5 Å². The number of aromatic hydroxyl groups is 2. The molecule has 0 heterocycles. The summed E-state index contributed by atoms with van der Waals surface area (Å²) >= 11 is 0. The van der Waals surface area contributed by atoms with Crippen molar-refractivity contribution in [2.24, 2.45) is 0 Å². The normalized spacial score (nSPS) is 10.3. The second kappa shape index (κ2) is 14.5. The molecule has 0 spiro atoms. The second-order valence-electron chi connectivity index (χ2n) is 10.1. The summed E-state index contributed by atoms with van der Waals surface area (Å²) in [5, 5.41) is 37.1. The number of aryl methyl sites for hydroxylation is 2. The zero-order valence-electron chi connectivity index (χ0n) is 23.8. The van der Waals surface area contributed by atoms with Crippen LogP contribution in [0.3, 0.4) is 0 Å². The molecule has 4 aromatic carbocycles. The Kier molecular flexibility index (Phi) is 11.5. The molecule has 0 radical (unpaired) electrons. The van der Waals surface area contributed by atoms with Gasteiger partial charge in [-0.05, 0) is 77.3 Å². The minimum atomic E-state index is -1.25. The monoisotopic (exact) mass is 542 g/mol. The maximum absolute atomic E-state index is 11.3. The molecule has 0 saturated carbocycles. The Morgan fingerprint density at radius 1 is 0.600 bits per heavy atom. The highest BCUT2D eigenvalue weighted by Gasteiger charge is 2.20. The van der Waals surface area contributed by atoms with E-state index in [4.69, 9.17) is 5.11 Å². The molecule has 0 fully saturated rings. The van der Waals surface area contributed by atoms with Crippen molar-refractivity contribution in [3.05, 3.63) is 118 Å². The number of hydrogen-bond acceptors (Lipinski definition) is 4. The Bertz CT molecular complexity index is 1380. The van der Waals surface area contributed by atoms with Crippen molar-refractivity contribution >= 4 is 11.9 Å². The van der Waals surface area contributed by atoms with Crippen molar-refractivity contribution in [2.45, 2.75) is 53.4 Å². The van der Waals surface area contributed by atoms with Gasteiger partial charge in [0, 0.05) is 0 Å². The first-order chi connectivity index (χ1) is 18.8. The van der Waals surface area contributed by atoms with E-state index in [0.717, 1.165) is 22.3 Å². The molecular formula is C34H38O6. The molecule has 4 N–H and O–H groups in total. The number of phenolic OH excluding ortho intramolecular Hbond substituents is 2. The van der Waals surface area contributed by atoms with Gasteiger partial charge in [-0.15, -0.1) is 0 Å². The second-order valence-corrected chi connectivity index (χ2v) is 10.1. The zero-order chi connectivity index (χ0) is 30.0. The fraction of sp³-hybridized carbons (Fsp3) is 0.235. The highest BCUT2D eigenvalue weighted by molar-refractivity contribution is 6.06. The Labute approximate surface area is 236 Å². The summed E-state index contributed by atoms with van der Waals surface area (Å²) in [6.45, 7) is 12.2. The van der Waals surface area contributed by atoms with Gasteiger partial charge in [-0.3, -0.25) is 0 Å². The van der Waals surface area contributed by atoms with Gasteiger partial charge in [-0.2, -0.15) is 0 Å². The SMILES string of the molecule is Cc1ccc(C(C)C)c(O)c1.Cc1ccc(C(C)C)c(O)c1.O=C(O)c1cccc(-c2ccccc2)c1C(=O)O. The zero-order valence-corrected chi connectivity index (χ0v) is 23.8. The van der Waals surface area contributed by atoms with E-state index in [9.17, 15) is 24.9 Å². The maximum atomic E-state index is 11.3. The standard InChI is InChI=1S/C14H10O4.2C10H14O/c15-13(16)11-8-4-7-10(12(11)14(17)18)9-5-2-1-3-6-9;2*1-7(2)9-5-4-8(3)6-10(9)11/h1-8H,(H,15,16)(H,17,18);2*4-7,11H,1-3H3. The van der Waals surface area contributed by atoms with Crippen molar-refractivity contribution in [1.29, 1.82) is 0 Å². The van der Waals surface area contributed by atoms with E-state index < -0.39 is 11.9 Å². The summed E-state index contributed by atoms with van der Waals surface area (Å²) in [6.07, 6.45) is 0. The first-order valence-corrected chi connectivity index (χ1v) is 13.1. The molecule has 0 atom stereocenters. The lowest BCUT2D eigenvalue weighted by Gasteiger charge is -2.08. The molecule has 0 unspecified atom stereocenters. The minimum absolute atomic E-state index is 0.184. The summed E-state index contributed by atoms with van der Waals surface area (Å²) < 4.78 is 0. The fourth-order valence-electron chi connectivity index (χ4n) is 4.10. The average Bonchev–Trinajstić information content (AvgIpc) is 2.89. The van der Waals surface area contributed by atoms with Crippen LogP contribution in [0.25, 0.3) is 11.1 Å². The van der Waals surface area contributed by atoms with E-state index >= 15 is 0 Å². The molecule has 0 aliphatic carbocycles. The summed E-state index contributed by atoms with van der Waals surface area (Å²) in [5.41, 5.74) is 4.95. The highest BCUT2D eigenvalue weighted by atomic mass is 16.4. The summed E-state index contributed by atoms with van der Waals surface area (Å²) in [5.74, 6) is -0.858. The van der Waals surface area contributed by atoms with Gasteiger partial charge in [0.1, 0.15) is 11.5 Å². The van der Waals surface area contributed by atoms with Crippen LogP contribution in [0.4, 0.5) is 0 Å². The van der Waals surface area contributed by atoms with E-state index in [1.807, 2.05) is 44.2 Å². The lowest BCUT2D eigenvalue weighted by Crippen LogP contribution is -2.09. The largest absolute Gasteiger partial charge is 0.508 e. The summed E-state index contributed by atoms with van der Waals surface area (Å²) in [6, 6.07) is 24.9. The summed E-state index contributed by atoms with van der Waals surface area (Å²) in [4.78, 5) is 22.3. The Hall–Kier alpha value is -4.58. The lowest BCUT2D eigenvalue weighted by atomic mass is 9.95. The van der Waals surface area contributed by atoms with Gasteiger partial charge in [0.2, 0.25) is 0 Å². The van der Waals surface area contributed by atoms with E-state index in [-0.39, 0.29) is 11.1 Å². The quantitative estimate of drug-likeness (QED) is 0.201. The molecule has 0 aromatic heterocycles. The molecule has 0 aliphatic rings. The Morgan fingerprint density at radius 3 is 1.45 bits per heavy atom. The Morgan fingerprint density at radius 2 is 1.07 bits per heavy atom. The molecule has 4 aromatic rings. The predicted molar refractivity (Wildman–Crippen MR) is 160 cm³/mol. The van der Waals surface area contributed by atoms with Crippen LogP contribution in [0, 0.1) is 13.8 Å². The van der Waals surface area contributed by atoms with Gasteiger partial charge in [0.05, 0.1) is 11.1 Å². The number of rotatable bonds is 5. The number of hydrogen-bond donors (Lipinski definition) is 4. The number of aromatic carboxylic acids is 2. The van der Waals surface area contributed by atoms with E-state index in [0.29, 0.717) is 34.5 Å². The molecule has 0 saturated heterocycles. The van der Waals surface area contributed by atoms with Gasteiger partial charge in [0.15, 0.2) is 0 Å². The fourth-order valence-corrected chi connectivity index (χ4v) is 4.10. The van der Waals surface area contributed by atoms with Crippen LogP contribution in [0.15, 0.2) is 84.9 Å². The Balaban J connectivity index is 0.000000222. The molecule has 210 valence electrons. The molecule has 6 nitrogen and oxygen atoms in total. The molecule has 6 heteroatoms. The highest BCUT2D eigenvalue weighted by Crippen LogP contribution is 2.27. The van der Waals surface area contributed by atoms with Crippen LogP contribution in [-0.2, 0) is 0 Å². The van der Waals surface area contributed by atoms with Crippen LogP contribution in [0.1, 0.15) is 82.5 Å². The van der Waals surface area contributed by atoms with Crippen molar-refractivity contribution in [2.75, 3.05) is 0 Å². The number of benzene rings is 4. The van der Waals surface area contributed by atoms with E-state index in [2.05, 4.69) is 27.7 Å². The predicted octanol–water partition coefficient (Wildman–Crippen LogP) is 8.40. The van der Waals surface area contributed by atoms with Crippen LogP contribution >= 0.6 is 0 Å². The van der Waals surface area contributed by atoms with Crippen LogP contribution in [0.2, 0.25) is 0 Å².